The van der Waals surface area contributed by atoms with E-state index in [0.29, 0.717) is 12.6 Å². The average molecular weight is 467 g/mol. The number of rotatable bonds is 10. The van der Waals surface area contributed by atoms with E-state index in [4.69, 9.17) is 9.72 Å². The molecule has 3 heterocycles. The summed E-state index contributed by atoms with van der Waals surface area (Å²) in [4.78, 5) is 19.7. The van der Waals surface area contributed by atoms with E-state index in [-0.39, 0.29) is 12.0 Å². The van der Waals surface area contributed by atoms with Crippen LogP contribution in [0.3, 0.4) is 0 Å². The number of nitrogens with one attached hydrogen (secondary N) is 2. The summed E-state index contributed by atoms with van der Waals surface area (Å²) >= 11 is 0. The smallest absolute Gasteiger partial charge is 0.328 e. The van der Waals surface area contributed by atoms with Crippen molar-refractivity contribution in [2.45, 2.75) is 71.4 Å². The van der Waals surface area contributed by atoms with Gasteiger partial charge in [0.1, 0.15) is 11.9 Å². The van der Waals surface area contributed by atoms with Gasteiger partial charge in [-0.2, -0.15) is 0 Å². The molecule has 2 aliphatic rings. The molecule has 0 radical (unpaired) electrons. The number of carbonyl (C=O) groups excluding carboxylic acids is 1. The molecule has 6 heteroatoms. The minimum absolute atomic E-state index is 0.147. The molecule has 1 saturated heterocycles. The predicted molar refractivity (Wildman–Crippen MR) is 139 cm³/mol. The highest BCUT2D eigenvalue weighted by Crippen LogP contribution is 2.27. The number of carbonyl (C=O) groups is 1. The van der Waals surface area contributed by atoms with E-state index < -0.39 is 0 Å². The number of anilines is 1. The molecule has 2 N–H and O–H groups in total. The van der Waals surface area contributed by atoms with Crippen molar-refractivity contribution >= 4 is 11.8 Å². The second-order valence-electron chi connectivity index (χ2n) is 8.80. The number of ether oxygens (including phenoxy) is 1. The number of benzene rings is 1. The van der Waals surface area contributed by atoms with Gasteiger partial charge in [0.2, 0.25) is 0 Å². The van der Waals surface area contributed by atoms with Crippen LogP contribution in [0.25, 0.3) is 0 Å². The largest absolute Gasteiger partial charge is 0.465 e. The first-order chi connectivity index (χ1) is 16.7. The lowest BCUT2D eigenvalue weighted by Gasteiger charge is -2.26. The third-order valence-corrected chi connectivity index (χ3v) is 6.45. The number of pyridine rings is 1. The maximum absolute atomic E-state index is 12.7. The van der Waals surface area contributed by atoms with Crippen LogP contribution in [-0.4, -0.2) is 54.7 Å². The molecule has 0 amide bonds. The maximum Gasteiger partial charge on any atom is 0.328 e. The standard InChI is InChI=1S/C26H36N4O2.C2H6/c1-2-32-26(31)24(20-9-4-3-5-10-20)30-18-15-23(19-30)27-16-7-6-12-22-14-13-21-11-8-17-28-25(21)29-22;1-2/h3-5,9-10,13-14,23-24,27H,2,6-8,11-12,15-19H2,1H3,(H,28,29);1-2H3. The van der Waals surface area contributed by atoms with Gasteiger partial charge >= 0.3 is 5.97 Å². The van der Waals surface area contributed by atoms with Crippen molar-refractivity contribution in [1.29, 1.82) is 0 Å². The Kier molecular flexibility index (Phi) is 10.8. The van der Waals surface area contributed by atoms with Gasteiger partial charge in [-0.25, -0.2) is 9.78 Å². The van der Waals surface area contributed by atoms with Crippen molar-refractivity contribution in [2.24, 2.45) is 0 Å². The van der Waals surface area contributed by atoms with Gasteiger partial charge in [0.25, 0.3) is 0 Å². The van der Waals surface area contributed by atoms with Crippen molar-refractivity contribution in [3.8, 4) is 0 Å². The Labute approximate surface area is 205 Å². The zero-order valence-electron chi connectivity index (χ0n) is 21.2. The first-order valence-corrected chi connectivity index (χ1v) is 13.2. The molecule has 1 aromatic carbocycles. The van der Waals surface area contributed by atoms with Crippen molar-refractivity contribution < 1.29 is 9.53 Å². The topological polar surface area (TPSA) is 66.5 Å². The number of aromatic nitrogens is 1. The highest BCUT2D eigenvalue weighted by Gasteiger charge is 2.34. The number of fused-ring (bicyclic) bond motifs is 1. The van der Waals surface area contributed by atoms with Crippen LogP contribution >= 0.6 is 0 Å². The van der Waals surface area contributed by atoms with Crippen molar-refractivity contribution in [3.63, 3.8) is 0 Å². The number of likely N-dealkylation sites (tertiary alicyclic amines) is 1. The monoisotopic (exact) mass is 466 g/mol. The van der Waals surface area contributed by atoms with Gasteiger partial charge in [-0.3, -0.25) is 4.90 Å². The molecule has 2 aromatic rings. The van der Waals surface area contributed by atoms with Gasteiger partial charge < -0.3 is 15.4 Å². The zero-order chi connectivity index (χ0) is 24.2. The van der Waals surface area contributed by atoms with Crippen molar-refractivity contribution in [2.75, 3.05) is 38.1 Å². The lowest BCUT2D eigenvalue weighted by Crippen LogP contribution is -2.37. The molecule has 2 atom stereocenters. The van der Waals surface area contributed by atoms with Crippen LogP contribution in [0.4, 0.5) is 5.82 Å². The fourth-order valence-electron chi connectivity index (χ4n) is 4.79. The average Bonchev–Trinajstić information content (AvgIpc) is 3.34. The molecule has 2 aliphatic heterocycles. The highest BCUT2D eigenvalue weighted by molar-refractivity contribution is 5.77. The second-order valence-corrected chi connectivity index (χ2v) is 8.80. The summed E-state index contributed by atoms with van der Waals surface area (Å²) in [6.07, 6.45) is 6.67. The summed E-state index contributed by atoms with van der Waals surface area (Å²) in [7, 11) is 0. The summed E-state index contributed by atoms with van der Waals surface area (Å²) in [6.45, 7) is 10.1. The van der Waals surface area contributed by atoms with E-state index in [1.165, 1.54) is 17.7 Å². The molecule has 34 heavy (non-hydrogen) atoms. The number of nitrogens with zero attached hydrogens (tertiary/aromatic N) is 2. The number of hydrogen-bond acceptors (Lipinski definition) is 6. The maximum atomic E-state index is 12.7. The zero-order valence-corrected chi connectivity index (χ0v) is 21.2. The van der Waals surface area contributed by atoms with E-state index in [2.05, 4.69) is 27.7 Å². The quantitative estimate of drug-likeness (QED) is 0.389. The Morgan fingerprint density at radius 3 is 2.82 bits per heavy atom. The first-order valence-electron chi connectivity index (χ1n) is 13.2. The van der Waals surface area contributed by atoms with E-state index in [9.17, 15) is 4.79 Å². The lowest BCUT2D eigenvalue weighted by atomic mass is 10.1. The van der Waals surface area contributed by atoms with Gasteiger partial charge in [-0.1, -0.05) is 50.2 Å². The second kappa shape index (κ2) is 14.1. The van der Waals surface area contributed by atoms with Crippen LogP contribution in [0, 0.1) is 0 Å². The van der Waals surface area contributed by atoms with Crippen molar-refractivity contribution in [3.05, 3.63) is 59.3 Å². The molecule has 0 spiro atoms. The molecule has 2 unspecified atom stereocenters. The SMILES string of the molecule is CC.CCOC(=O)C(c1ccccc1)N1CCC(NCCCCc2ccc3c(n2)NCCC3)C1. The molecule has 186 valence electrons. The Morgan fingerprint density at radius 2 is 2.03 bits per heavy atom. The molecular weight excluding hydrogens is 424 g/mol. The molecule has 0 aliphatic carbocycles. The summed E-state index contributed by atoms with van der Waals surface area (Å²) in [5, 5.41) is 7.12. The Morgan fingerprint density at radius 1 is 1.21 bits per heavy atom. The predicted octanol–water partition coefficient (Wildman–Crippen LogP) is 4.76. The molecule has 1 fully saturated rings. The van der Waals surface area contributed by atoms with Gasteiger partial charge in [0.15, 0.2) is 0 Å². The number of aryl methyl sites for hydroxylation is 2. The van der Waals surface area contributed by atoms with Crippen LogP contribution < -0.4 is 10.6 Å². The van der Waals surface area contributed by atoms with Gasteiger partial charge in [0, 0.05) is 31.4 Å². The Balaban J connectivity index is 0.00000158. The van der Waals surface area contributed by atoms with Crippen LogP contribution in [0.2, 0.25) is 0 Å². The Bertz CT molecular complexity index is 874. The number of esters is 1. The third kappa shape index (κ3) is 7.28. The molecule has 6 nitrogen and oxygen atoms in total. The van der Waals surface area contributed by atoms with E-state index in [0.717, 1.165) is 69.7 Å². The lowest BCUT2D eigenvalue weighted by molar-refractivity contribution is -0.149. The van der Waals surface area contributed by atoms with E-state index >= 15 is 0 Å². The van der Waals surface area contributed by atoms with Crippen LogP contribution in [-0.2, 0) is 22.4 Å². The number of unbranched alkanes of at least 4 members (excludes halogenated alkanes) is 1. The van der Waals surface area contributed by atoms with Gasteiger partial charge in [0.05, 0.1) is 6.61 Å². The normalized spacial score (nSPS) is 18.3. The van der Waals surface area contributed by atoms with Crippen LogP contribution in [0.15, 0.2) is 42.5 Å². The number of hydrogen-bond donors (Lipinski definition) is 2. The minimum atomic E-state index is -0.313. The third-order valence-electron chi connectivity index (χ3n) is 6.45. The summed E-state index contributed by atoms with van der Waals surface area (Å²) in [6, 6.07) is 14.5. The van der Waals surface area contributed by atoms with Gasteiger partial charge in [-0.05, 0) is 69.2 Å². The molecule has 4 rings (SSSR count). The van der Waals surface area contributed by atoms with Gasteiger partial charge in [-0.15, -0.1) is 0 Å². The summed E-state index contributed by atoms with van der Waals surface area (Å²) < 4.78 is 5.38. The Hall–Kier alpha value is -2.44. The van der Waals surface area contributed by atoms with E-state index in [1.807, 2.05) is 51.1 Å². The summed E-state index contributed by atoms with van der Waals surface area (Å²) in [5.74, 6) is 0.943. The highest BCUT2D eigenvalue weighted by atomic mass is 16.5. The fourth-order valence-corrected chi connectivity index (χ4v) is 4.79. The van der Waals surface area contributed by atoms with Crippen LogP contribution in [0.1, 0.15) is 69.3 Å². The molecular formula is C28H42N4O2. The minimum Gasteiger partial charge on any atom is -0.465 e. The first kappa shape index (κ1) is 26.2. The fraction of sp³-hybridized carbons (Fsp3) is 0.571. The molecule has 0 saturated carbocycles. The molecule has 0 bridgehead atoms. The van der Waals surface area contributed by atoms with Crippen LogP contribution in [0.5, 0.6) is 0 Å². The summed E-state index contributed by atoms with van der Waals surface area (Å²) in [5.41, 5.74) is 3.55. The van der Waals surface area contributed by atoms with E-state index in [1.54, 1.807) is 0 Å². The molecule has 1 aromatic heterocycles. The van der Waals surface area contributed by atoms with Crippen molar-refractivity contribution in [1.82, 2.24) is 15.2 Å².